The fourth-order valence-electron chi connectivity index (χ4n) is 2.05. The van der Waals surface area contributed by atoms with Gasteiger partial charge in [-0.2, -0.15) is 0 Å². The molecule has 2 aromatic heterocycles. The number of hydroxylamine groups is 1. The Morgan fingerprint density at radius 2 is 2.05 bits per heavy atom. The number of benzene rings is 1. The summed E-state index contributed by atoms with van der Waals surface area (Å²) in [5.41, 5.74) is 3.66. The van der Waals surface area contributed by atoms with Crippen molar-refractivity contribution in [1.82, 2.24) is 20.4 Å². The van der Waals surface area contributed by atoms with E-state index in [1.165, 1.54) is 10.9 Å². The number of pyridine rings is 1. The summed E-state index contributed by atoms with van der Waals surface area (Å²) in [7, 11) is 0. The van der Waals surface area contributed by atoms with Gasteiger partial charge in [-0.3, -0.25) is 4.98 Å². The van der Waals surface area contributed by atoms with Crippen LogP contribution in [0.2, 0.25) is 0 Å². The van der Waals surface area contributed by atoms with Crippen LogP contribution in [0, 0.1) is 11.6 Å². The SMILES string of the molecule is Fc1cc(F)c(-c2ccccn2)c(CNOn2cccn2)c1. The second-order valence-electron chi connectivity index (χ2n) is 4.46. The standard InChI is InChI=1S/C15H12F2N4O/c16-12-8-11(10-20-22-21-7-3-6-19-21)15(13(17)9-12)14-4-1-2-5-18-14/h1-9,20H,10H2. The van der Waals surface area contributed by atoms with E-state index in [1.807, 2.05) is 0 Å². The molecule has 0 amide bonds. The number of nitrogens with one attached hydrogen (secondary N) is 1. The maximum absolute atomic E-state index is 14.1. The lowest BCUT2D eigenvalue weighted by molar-refractivity contribution is -0.000781. The highest BCUT2D eigenvalue weighted by Crippen LogP contribution is 2.26. The Balaban J connectivity index is 1.86. The summed E-state index contributed by atoms with van der Waals surface area (Å²) in [6.45, 7) is 0.0838. The molecule has 3 rings (SSSR count). The third-order valence-corrected chi connectivity index (χ3v) is 2.96. The van der Waals surface area contributed by atoms with E-state index in [2.05, 4.69) is 15.6 Å². The third-order valence-electron chi connectivity index (χ3n) is 2.96. The minimum Gasteiger partial charge on any atom is -0.301 e. The van der Waals surface area contributed by atoms with Gasteiger partial charge in [0.25, 0.3) is 0 Å². The predicted molar refractivity (Wildman–Crippen MR) is 75.2 cm³/mol. The summed E-state index contributed by atoms with van der Waals surface area (Å²) >= 11 is 0. The number of nitrogens with zero attached hydrogens (tertiary/aromatic N) is 3. The van der Waals surface area contributed by atoms with Crippen LogP contribution in [0.25, 0.3) is 11.3 Å². The lowest BCUT2D eigenvalue weighted by Crippen LogP contribution is -2.27. The fourth-order valence-corrected chi connectivity index (χ4v) is 2.05. The summed E-state index contributed by atoms with van der Waals surface area (Å²) in [5, 5.41) is 3.83. The lowest BCUT2D eigenvalue weighted by atomic mass is 10.0. The van der Waals surface area contributed by atoms with Gasteiger partial charge in [0.2, 0.25) is 0 Å². The second-order valence-corrected chi connectivity index (χ2v) is 4.46. The molecule has 0 fully saturated rings. The molecule has 0 bridgehead atoms. The van der Waals surface area contributed by atoms with E-state index >= 15 is 0 Å². The Morgan fingerprint density at radius 3 is 2.77 bits per heavy atom. The Morgan fingerprint density at radius 1 is 1.14 bits per heavy atom. The van der Waals surface area contributed by atoms with Crippen LogP contribution in [0.3, 0.4) is 0 Å². The molecule has 3 aromatic rings. The molecule has 0 saturated heterocycles. The molecule has 0 aliphatic rings. The normalized spacial score (nSPS) is 10.6. The Labute approximate surface area is 125 Å². The molecule has 0 spiro atoms. The highest BCUT2D eigenvalue weighted by molar-refractivity contribution is 5.64. The van der Waals surface area contributed by atoms with E-state index in [-0.39, 0.29) is 12.1 Å². The van der Waals surface area contributed by atoms with E-state index in [9.17, 15) is 8.78 Å². The molecule has 2 heterocycles. The zero-order chi connectivity index (χ0) is 15.4. The fraction of sp³-hybridized carbons (Fsp3) is 0.0667. The van der Waals surface area contributed by atoms with E-state index in [1.54, 1.807) is 42.9 Å². The molecule has 0 radical (unpaired) electrons. The molecule has 0 saturated carbocycles. The van der Waals surface area contributed by atoms with Gasteiger partial charge in [0.05, 0.1) is 24.6 Å². The molecular formula is C15H12F2N4O. The van der Waals surface area contributed by atoms with E-state index in [4.69, 9.17) is 4.94 Å². The van der Waals surface area contributed by atoms with Crippen LogP contribution in [0.4, 0.5) is 8.78 Å². The average Bonchev–Trinajstić information content (AvgIpc) is 3.01. The highest BCUT2D eigenvalue weighted by atomic mass is 19.1. The lowest BCUT2D eigenvalue weighted by Gasteiger charge is -2.11. The predicted octanol–water partition coefficient (Wildman–Crippen LogP) is 2.36. The summed E-state index contributed by atoms with van der Waals surface area (Å²) in [6.07, 6.45) is 4.68. The van der Waals surface area contributed by atoms with E-state index in [0.717, 1.165) is 6.07 Å². The number of aromatic nitrogens is 3. The van der Waals surface area contributed by atoms with Crippen molar-refractivity contribution in [2.75, 3.05) is 0 Å². The Kier molecular flexibility index (Phi) is 4.06. The number of hydrogen-bond donors (Lipinski definition) is 1. The molecule has 0 aliphatic heterocycles. The molecule has 1 N–H and O–H groups in total. The number of hydrogen-bond acceptors (Lipinski definition) is 4. The molecule has 112 valence electrons. The van der Waals surface area contributed by atoms with Crippen LogP contribution >= 0.6 is 0 Å². The maximum Gasteiger partial charge on any atom is 0.135 e. The van der Waals surface area contributed by atoms with Crippen molar-refractivity contribution in [1.29, 1.82) is 0 Å². The van der Waals surface area contributed by atoms with Crippen molar-refractivity contribution < 1.29 is 13.7 Å². The Bertz CT molecular complexity index is 748. The molecule has 7 heteroatoms. The second kappa shape index (κ2) is 6.31. The summed E-state index contributed by atoms with van der Waals surface area (Å²) < 4.78 is 27.6. The smallest absolute Gasteiger partial charge is 0.135 e. The summed E-state index contributed by atoms with van der Waals surface area (Å²) in [6, 6.07) is 8.89. The maximum atomic E-state index is 14.1. The van der Waals surface area contributed by atoms with Crippen LogP contribution < -0.4 is 10.4 Å². The van der Waals surface area contributed by atoms with Crippen molar-refractivity contribution in [3.05, 3.63) is 72.2 Å². The average molecular weight is 302 g/mol. The van der Waals surface area contributed by atoms with Crippen molar-refractivity contribution in [3.63, 3.8) is 0 Å². The van der Waals surface area contributed by atoms with Crippen molar-refractivity contribution in [3.8, 4) is 11.3 Å². The first-order chi connectivity index (χ1) is 10.7. The third kappa shape index (κ3) is 3.09. The van der Waals surface area contributed by atoms with Crippen LogP contribution in [0.1, 0.15) is 5.56 Å². The highest BCUT2D eigenvalue weighted by Gasteiger charge is 2.14. The van der Waals surface area contributed by atoms with Gasteiger partial charge in [-0.15, -0.1) is 10.6 Å². The van der Waals surface area contributed by atoms with Crippen molar-refractivity contribution in [2.24, 2.45) is 0 Å². The van der Waals surface area contributed by atoms with E-state index < -0.39 is 11.6 Å². The van der Waals surface area contributed by atoms with Crippen molar-refractivity contribution >= 4 is 0 Å². The van der Waals surface area contributed by atoms with Gasteiger partial charge in [0.15, 0.2) is 0 Å². The quantitative estimate of drug-likeness (QED) is 0.735. The zero-order valence-electron chi connectivity index (χ0n) is 11.4. The number of halogens is 2. The Hall–Kier alpha value is -2.80. The van der Waals surface area contributed by atoms with Crippen LogP contribution in [-0.2, 0) is 6.54 Å². The van der Waals surface area contributed by atoms with Gasteiger partial charge >= 0.3 is 0 Å². The first-order valence-corrected chi connectivity index (χ1v) is 6.53. The monoisotopic (exact) mass is 302 g/mol. The van der Waals surface area contributed by atoms with Crippen LogP contribution in [0.5, 0.6) is 0 Å². The van der Waals surface area contributed by atoms with Gasteiger partial charge in [0.1, 0.15) is 11.6 Å². The topological polar surface area (TPSA) is 52.0 Å². The first-order valence-electron chi connectivity index (χ1n) is 6.53. The van der Waals surface area contributed by atoms with Gasteiger partial charge in [-0.1, -0.05) is 10.9 Å². The van der Waals surface area contributed by atoms with Crippen LogP contribution in [0.15, 0.2) is 55.0 Å². The minimum atomic E-state index is -0.672. The van der Waals surface area contributed by atoms with Gasteiger partial charge in [-0.05, 0) is 29.8 Å². The van der Waals surface area contributed by atoms with Gasteiger partial charge in [0, 0.05) is 17.8 Å². The summed E-state index contributed by atoms with van der Waals surface area (Å²) in [4.78, 5) is 10.4. The van der Waals surface area contributed by atoms with Gasteiger partial charge < -0.3 is 4.94 Å². The zero-order valence-corrected chi connectivity index (χ0v) is 11.4. The van der Waals surface area contributed by atoms with Gasteiger partial charge in [-0.25, -0.2) is 8.78 Å². The molecule has 0 unspecified atom stereocenters. The molecule has 5 nitrogen and oxygen atoms in total. The van der Waals surface area contributed by atoms with Crippen LogP contribution in [-0.4, -0.2) is 14.9 Å². The van der Waals surface area contributed by atoms with E-state index in [0.29, 0.717) is 11.3 Å². The minimum absolute atomic E-state index is 0.0838. The molecule has 1 aromatic carbocycles. The first kappa shape index (κ1) is 14.2. The van der Waals surface area contributed by atoms with Crippen molar-refractivity contribution in [2.45, 2.75) is 6.54 Å². The molecular weight excluding hydrogens is 290 g/mol. The molecule has 0 atom stereocenters. The largest absolute Gasteiger partial charge is 0.301 e. The molecule has 22 heavy (non-hydrogen) atoms. The molecule has 0 aliphatic carbocycles. The summed E-state index contributed by atoms with van der Waals surface area (Å²) in [5.74, 6) is -1.33. The number of rotatable bonds is 5.